The van der Waals surface area contributed by atoms with Crippen LogP contribution < -0.4 is 10.3 Å². The van der Waals surface area contributed by atoms with Gasteiger partial charge in [-0.3, -0.25) is 9.36 Å². The van der Waals surface area contributed by atoms with Crippen molar-refractivity contribution in [3.05, 3.63) is 106 Å². The number of aromatic hydroxyl groups is 1. The molecule has 1 aromatic heterocycles. The highest BCUT2D eigenvalue weighted by Crippen LogP contribution is 2.48. The van der Waals surface area contributed by atoms with Gasteiger partial charge >= 0.3 is 0 Å². The molecule has 2 N–H and O–H groups in total. The number of benzene rings is 3. The van der Waals surface area contributed by atoms with Gasteiger partial charge in [-0.05, 0) is 65.5 Å². The van der Waals surface area contributed by atoms with Gasteiger partial charge < -0.3 is 19.3 Å². The number of phenols is 1. The molecule has 1 fully saturated rings. The number of aromatic amines is 1. The lowest BCUT2D eigenvalue weighted by molar-refractivity contribution is 0.229. The maximum absolute atomic E-state index is 12.3. The largest absolute Gasteiger partial charge is 0.508 e. The van der Waals surface area contributed by atoms with E-state index in [0.717, 1.165) is 36.0 Å². The summed E-state index contributed by atoms with van der Waals surface area (Å²) in [5.41, 5.74) is 3.88. The summed E-state index contributed by atoms with van der Waals surface area (Å²) in [5.74, 6) is 0.941. The highest BCUT2D eigenvalue weighted by atomic mass is 28.4. The lowest BCUT2D eigenvalue weighted by atomic mass is 10.0. The molecule has 198 valence electrons. The fourth-order valence-corrected chi connectivity index (χ4v) is 8.45. The van der Waals surface area contributed by atoms with E-state index >= 15 is 0 Å². The Balaban J connectivity index is 1.44. The average molecular weight is 529 g/mol. The normalized spacial score (nSPS) is 20.2. The zero-order valence-electron chi connectivity index (χ0n) is 22.5. The molecule has 0 saturated carbocycles. The van der Waals surface area contributed by atoms with E-state index in [4.69, 9.17) is 9.16 Å². The molecule has 7 heteroatoms. The summed E-state index contributed by atoms with van der Waals surface area (Å²) in [4.78, 5) is 15.3. The van der Waals surface area contributed by atoms with Gasteiger partial charge in [-0.25, -0.2) is 0 Å². The number of aromatic nitrogens is 1. The number of phenolic OH excluding ortho intramolecular Hbond substituents is 1. The summed E-state index contributed by atoms with van der Waals surface area (Å²) in [5, 5.41) is 10.6. The number of fused-ring (bicyclic) bond motifs is 1. The summed E-state index contributed by atoms with van der Waals surface area (Å²) in [7, 11) is -2.32. The van der Waals surface area contributed by atoms with E-state index in [2.05, 4.69) is 42.9 Å². The number of hydrogen-bond acceptors (Lipinski definition) is 5. The number of rotatable bonds is 7. The zero-order chi connectivity index (χ0) is 26.9. The first-order chi connectivity index (χ1) is 18.1. The molecule has 5 rings (SSSR count). The van der Waals surface area contributed by atoms with Gasteiger partial charge in [0, 0.05) is 18.0 Å². The topological polar surface area (TPSA) is 74.8 Å². The molecular weight excluding hydrogens is 492 g/mol. The van der Waals surface area contributed by atoms with Gasteiger partial charge in [0.05, 0.1) is 11.6 Å². The Morgan fingerprint density at radius 3 is 2.45 bits per heavy atom. The molecule has 38 heavy (non-hydrogen) atoms. The van der Waals surface area contributed by atoms with Gasteiger partial charge in [0.2, 0.25) is 5.56 Å². The molecule has 0 amide bonds. The molecule has 2 heterocycles. The van der Waals surface area contributed by atoms with E-state index in [9.17, 15) is 9.90 Å². The van der Waals surface area contributed by atoms with Crippen molar-refractivity contribution in [2.45, 2.75) is 51.5 Å². The third-order valence-corrected chi connectivity index (χ3v) is 13.0. The molecule has 4 aromatic rings. The average Bonchev–Trinajstić information content (AvgIpc) is 3.25. The van der Waals surface area contributed by atoms with E-state index in [1.165, 1.54) is 5.56 Å². The number of nitrogens with zero attached hydrogens (tertiary/aromatic N) is 1. The monoisotopic (exact) mass is 528 g/mol. The predicted molar refractivity (Wildman–Crippen MR) is 154 cm³/mol. The highest BCUT2D eigenvalue weighted by Gasteiger charge is 2.54. The first-order valence-electron chi connectivity index (χ1n) is 13.2. The standard InChI is InChI=1S/C31H36N2O4Si/c1-31(2,3)38(4)33(19-18-22-10-12-24(34)13-11-22)20-28(37-38)25-14-16-27(30-26(25)15-17-29(35)32-30)36-21-23-8-6-5-7-9-23/h5-17,28,34H,18-21H2,1-4H3,(H,32,35)/t28-,38?/m0/s1. The van der Waals surface area contributed by atoms with Crippen molar-refractivity contribution in [1.82, 2.24) is 9.55 Å². The Morgan fingerprint density at radius 1 is 1.00 bits per heavy atom. The third-order valence-electron chi connectivity index (χ3n) is 7.83. The van der Waals surface area contributed by atoms with Crippen LogP contribution in [0.1, 0.15) is 43.6 Å². The Labute approximate surface area is 225 Å². The number of nitrogens with one attached hydrogen (secondary N) is 1. The lowest BCUT2D eigenvalue weighted by Crippen LogP contribution is -2.55. The van der Waals surface area contributed by atoms with Crippen LogP contribution in [0.2, 0.25) is 11.6 Å². The second kappa shape index (κ2) is 10.4. The van der Waals surface area contributed by atoms with Crippen LogP contribution in [0.5, 0.6) is 11.5 Å². The maximum atomic E-state index is 12.3. The van der Waals surface area contributed by atoms with Gasteiger partial charge in [0.1, 0.15) is 18.1 Å². The SMILES string of the molecule is CC(C)(C)[Si]1(C)O[C@H](c2ccc(OCc3ccccc3)c3[nH]c(=O)ccc23)CN1CCc1ccc(O)cc1. The fraction of sp³-hybridized carbons (Fsp3) is 0.323. The second-order valence-electron chi connectivity index (χ2n) is 11.2. The van der Waals surface area contributed by atoms with E-state index in [1.807, 2.05) is 54.6 Å². The Morgan fingerprint density at radius 2 is 1.74 bits per heavy atom. The van der Waals surface area contributed by atoms with Crippen LogP contribution in [0.3, 0.4) is 0 Å². The number of ether oxygens (including phenoxy) is 1. The minimum atomic E-state index is -2.32. The van der Waals surface area contributed by atoms with Crippen LogP contribution in [-0.4, -0.2) is 36.2 Å². The molecule has 1 unspecified atom stereocenters. The summed E-state index contributed by atoms with van der Waals surface area (Å²) >= 11 is 0. The molecule has 1 aliphatic rings. The Bertz CT molecular complexity index is 1460. The van der Waals surface area contributed by atoms with Gasteiger partial charge in [0.15, 0.2) is 0 Å². The first kappa shape index (κ1) is 26.2. The molecular formula is C31H36N2O4Si. The van der Waals surface area contributed by atoms with Crippen LogP contribution >= 0.6 is 0 Å². The van der Waals surface area contributed by atoms with E-state index in [0.29, 0.717) is 17.9 Å². The zero-order valence-corrected chi connectivity index (χ0v) is 23.5. The molecule has 6 nitrogen and oxygen atoms in total. The number of hydrogen-bond donors (Lipinski definition) is 2. The van der Waals surface area contributed by atoms with Crippen molar-refractivity contribution >= 4 is 19.4 Å². The first-order valence-corrected chi connectivity index (χ1v) is 15.5. The summed E-state index contributed by atoms with van der Waals surface area (Å²) < 4.78 is 15.7. The van der Waals surface area contributed by atoms with Crippen LogP contribution in [0.25, 0.3) is 10.9 Å². The summed E-state index contributed by atoms with van der Waals surface area (Å²) in [6.45, 7) is 11.2. The van der Waals surface area contributed by atoms with Crippen molar-refractivity contribution in [2.75, 3.05) is 13.1 Å². The van der Waals surface area contributed by atoms with E-state index in [-0.39, 0.29) is 22.5 Å². The number of H-pyrrole nitrogens is 1. The van der Waals surface area contributed by atoms with Crippen molar-refractivity contribution in [3.63, 3.8) is 0 Å². The van der Waals surface area contributed by atoms with Gasteiger partial charge in [-0.1, -0.05) is 69.3 Å². The smallest absolute Gasteiger partial charge is 0.274 e. The molecule has 0 radical (unpaired) electrons. The Hall–Kier alpha value is -3.39. The highest BCUT2D eigenvalue weighted by molar-refractivity contribution is 6.73. The minimum Gasteiger partial charge on any atom is -0.508 e. The van der Waals surface area contributed by atoms with Crippen LogP contribution in [0, 0.1) is 0 Å². The van der Waals surface area contributed by atoms with Gasteiger partial charge in [-0.15, -0.1) is 0 Å². The molecule has 0 bridgehead atoms. The molecule has 0 spiro atoms. The summed E-state index contributed by atoms with van der Waals surface area (Å²) in [6.07, 6.45) is 0.775. The molecule has 1 saturated heterocycles. The number of pyridine rings is 1. The molecule has 1 aliphatic heterocycles. The maximum Gasteiger partial charge on any atom is 0.274 e. The van der Waals surface area contributed by atoms with Gasteiger partial charge in [-0.2, -0.15) is 0 Å². The van der Waals surface area contributed by atoms with Crippen LogP contribution in [0.15, 0.2) is 83.7 Å². The molecule has 0 aliphatic carbocycles. The van der Waals surface area contributed by atoms with E-state index in [1.54, 1.807) is 18.2 Å². The quantitative estimate of drug-likeness (QED) is 0.275. The minimum absolute atomic E-state index is 0.000438. The summed E-state index contributed by atoms with van der Waals surface area (Å²) in [6, 6.07) is 25.0. The van der Waals surface area contributed by atoms with Crippen molar-refractivity contribution < 1.29 is 14.3 Å². The van der Waals surface area contributed by atoms with E-state index < -0.39 is 8.48 Å². The van der Waals surface area contributed by atoms with Crippen molar-refractivity contribution in [1.29, 1.82) is 0 Å². The molecule has 2 atom stereocenters. The Kier molecular flexibility index (Phi) is 7.18. The third kappa shape index (κ3) is 5.27. The van der Waals surface area contributed by atoms with Crippen LogP contribution in [-0.2, 0) is 17.5 Å². The lowest BCUT2D eigenvalue weighted by Gasteiger charge is -2.41. The fourth-order valence-electron chi connectivity index (χ4n) is 5.19. The molecule has 3 aromatic carbocycles. The van der Waals surface area contributed by atoms with Crippen molar-refractivity contribution in [3.8, 4) is 11.5 Å². The predicted octanol–water partition coefficient (Wildman–Crippen LogP) is 6.30. The van der Waals surface area contributed by atoms with Gasteiger partial charge in [0.25, 0.3) is 8.48 Å². The second-order valence-corrected chi connectivity index (χ2v) is 15.6. The van der Waals surface area contributed by atoms with Crippen LogP contribution in [0.4, 0.5) is 0 Å². The van der Waals surface area contributed by atoms with Crippen molar-refractivity contribution in [2.24, 2.45) is 0 Å².